The van der Waals surface area contributed by atoms with Crippen molar-refractivity contribution in [1.29, 1.82) is 0 Å². The molecule has 15 heavy (non-hydrogen) atoms. The summed E-state index contributed by atoms with van der Waals surface area (Å²) in [5, 5.41) is 0. The van der Waals surface area contributed by atoms with Gasteiger partial charge in [-0.15, -0.1) is 0 Å². The van der Waals surface area contributed by atoms with Gasteiger partial charge in [0.15, 0.2) is 0 Å². The lowest BCUT2D eigenvalue weighted by atomic mass is 9.73. The second-order valence-corrected chi connectivity index (χ2v) is 6.08. The van der Waals surface area contributed by atoms with Gasteiger partial charge in [-0.2, -0.15) is 0 Å². The molecule has 1 heteroatoms. The van der Waals surface area contributed by atoms with Crippen LogP contribution in [-0.2, 0) is 0 Å². The topological polar surface area (TPSA) is 26.0 Å². The molecule has 2 fully saturated rings. The highest BCUT2D eigenvalue weighted by Crippen LogP contribution is 2.36. The normalized spacial score (nSPS) is 39.2. The Morgan fingerprint density at radius 2 is 1.73 bits per heavy atom. The van der Waals surface area contributed by atoms with Crippen molar-refractivity contribution in [3.63, 3.8) is 0 Å². The van der Waals surface area contributed by atoms with Gasteiger partial charge < -0.3 is 5.73 Å². The standard InChI is InChI=1S/C14H27N/c1-11-7-8-14(15)13(9-11)10-12-5-3-2-4-6-12/h11-14H,2-10,15H2,1H3. The first-order valence-electron chi connectivity index (χ1n) is 7.01. The Labute approximate surface area is 94.8 Å². The molecule has 0 saturated heterocycles. The molecule has 3 atom stereocenters. The van der Waals surface area contributed by atoms with Crippen LogP contribution >= 0.6 is 0 Å². The van der Waals surface area contributed by atoms with Crippen molar-refractivity contribution in [2.75, 3.05) is 0 Å². The first-order valence-corrected chi connectivity index (χ1v) is 7.01. The molecule has 0 amide bonds. The first kappa shape index (κ1) is 11.4. The minimum Gasteiger partial charge on any atom is -0.327 e. The van der Waals surface area contributed by atoms with Crippen LogP contribution in [0.2, 0.25) is 0 Å². The molecule has 2 saturated carbocycles. The second-order valence-electron chi connectivity index (χ2n) is 6.08. The van der Waals surface area contributed by atoms with E-state index >= 15 is 0 Å². The molecule has 0 aliphatic heterocycles. The van der Waals surface area contributed by atoms with Gasteiger partial charge in [0.25, 0.3) is 0 Å². The molecule has 0 aromatic heterocycles. The Hall–Kier alpha value is -0.0400. The minimum absolute atomic E-state index is 0.517. The average molecular weight is 209 g/mol. The maximum absolute atomic E-state index is 6.26. The van der Waals surface area contributed by atoms with Crippen LogP contribution in [0.15, 0.2) is 0 Å². The minimum atomic E-state index is 0.517. The highest BCUT2D eigenvalue weighted by Gasteiger charge is 2.28. The van der Waals surface area contributed by atoms with Gasteiger partial charge >= 0.3 is 0 Å². The SMILES string of the molecule is CC1CCC(N)C(CC2CCCCC2)C1. The summed E-state index contributed by atoms with van der Waals surface area (Å²) in [5.41, 5.74) is 6.26. The van der Waals surface area contributed by atoms with Crippen LogP contribution in [0.25, 0.3) is 0 Å². The molecule has 88 valence electrons. The first-order chi connectivity index (χ1) is 7.25. The van der Waals surface area contributed by atoms with E-state index in [9.17, 15) is 0 Å². The van der Waals surface area contributed by atoms with E-state index in [1.54, 1.807) is 0 Å². The van der Waals surface area contributed by atoms with E-state index in [-0.39, 0.29) is 0 Å². The number of nitrogens with two attached hydrogens (primary N) is 1. The second kappa shape index (κ2) is 5.34. The van der Waals surface area contributed by atoms with Crippen molar-refractivity contribution in [3.05, 3.63) is 0 Å². The zero-order valence-corrected chi connectivity index (χ0v) is 10.3. The van der Waals surface area contributed by atoms with Crippen molar-refractivity contribution in [3.8, 4) is 0 Å². The fourth-order valence-corrected chi connectivity index (χ4v) is 3.64. The predicted octanol–water partition coefficient (Wildman–Crippen LogP) is 3.72. The monoisotopic (exact) mass is 209 g/mol. The fourth-order valence-electron chi connectivity index (χ4n) is 3.64. The maximum Gasteiger partial charge on any atom is 0.00674 e. The quantitative estimate of drug-likeness (QED) is 0.737. The van der Waals surface area contributed by atoms with Crippen molar-refractivity contribution in [2.24, 2.45) is 23.5 Å². The third-order valence-corrected chi connectivity index (χ3v) is 4.66. The van der Waals surface area contributed by atoms with Gasteiger partial charge in [0.05, 0.1) is 0 Å². The Morgan fingerprint density at radius 1 is 1.00 bits per heavy atom. The largest absolute Gasteiger partial charge is 0.327 e. The molecule has 0 spiro atoms. The van der Waals surface area contributed by atoms with E-state index in [2.05, 4.69) is 6.92 Å². The van der Waals surface area contributed by atoms with Crippen molar-refractivity contribution >= 4 is 0 Å². The van der Waals surface area contributed by atoms with Crippen LogP contribution in [0.4, 0.5) is 0 Å². The van der Waals surface area contributed by atoms with Crippen LogP contribution in [0.5, 0.6) is 0 Å². The summed E-state index contributed by atoms with van der Waals surface area (Å²) >= 11 is 0. The Balaban J connectivity index is 1.80. The van der Waals surface area contributed by atoms with Gasteiger partial charge in [0, 0.05) is 6.04 Å². The van der Waals surface area contributed by atoms with E-state index in [4.69, 9.17) is 5.73 Å². The molecule has 2 rings (SSSR count). The molecular weight excluding hydrogens is 182 g/mol. The molecule has 0 aromatic carbocycles. The third-order valence-electron chi connectivity index (χ3n) is 4.66. The Morgan fingerprint density at radius 3 is 2.47 bits per heavy atom. The smallest absolute Gasteiger partial charge is 0.00674 e. The van der Waals surface area contributed by atoms with Gasteiger partial charge in [-0.05, 0) is 43.4 Å². The number of rotatable bonds is 2. The summed E-state index contributed by atoms with van der Waals surface area (Å²) in [7, 11) is 0. The molecule has 0 radical (unpaired) electrons. The Kier molecular flexibility index (Phi) is 4.07. The van der Waals surface area contributed by atoms with Crippen LogP contribution in [0.3, 0.4) is 0 Å². The van der Waals surface area contributed by atoms with E-state index < -0.39 is 0 Å². The molecule has 3 unspecified atom stereocenters. The predicted molar refractivity (Wildman–Crippen MR) is 65.7 cm³/mol. The van der Waals surface area contributed by atoms with Gasteiger partial charge in [0.1, 0.15) is 0 Å². The van der Waals surface area contributed by atoms with Gasteiger partial charge in [0.2, 0.25) is 0 Å². The van der Waals surface area contributed by atoms with Crippen LogP contribution < -0.4 is 5.73 Å². The lowest BCUT2D eigenvalue weighted by Crippen LogP contribution is -2.36. The lowest BCUT2D eigenvalue weighted by Gasteiger charge is -2.35. The summed E-state index contributed by atoms with van der Waals surface area (Å²) in [4.78, 5) is 0. The highest BCUT2D eigenvalue weighted by molar-refractivity contribution is 4.83. The summed E-state index contributed by atoms with van der Waals surface area (Å²) in [5.74, 6) is 2.79. The highest BCUT2D eigenvalue weighted by atomic mass is 14.7. The Bertz CT molecular complexity index is 184. The number of hydrogen-bond donors (Lipinski definition) is 1. The van der Waals surface area contributed by atoms with Crippen LogP contribution in [0, 0.1) is 17.8 Å². The summed E-state index contributed by atoms with van der Waals surface area (Å²) in [6.45, 7) is 2.40. The van der Waals surface area contributed by atoms with E-state index in [1.165, 1.54) is 57.8 Å². The van der Waals surface area contributed by atoms with E-state index in [0.717, 1.165) is 17.8 Å². The van der Waals surface area contributed by atoms with E-state index in [1.807, 2.05) is 0 Å². The molecule has 0 heterocycles. The molecular formula is C14H27N. The molecule has 2 aliphatic carbocycles. The van der Waals surface area contributed by atoms with Crippen molar-refractivity contribution < 1.29 is 0 Å². The summed E-state index contributed by atoms with van der Waals surface area (Å²) in [6.07, 6.45) is 12.9. The van der Waals surface area contributed by atoms with Gasteiger partial charge in [-0.3, -0.25) is 0 Å². The van der Waals surface area contributed by atoms with Crippen molar-refractivity contribution in [2.45, 2.75) is 70.8 Å². The van der Waals surface area contributed by atoms with Gasteiger partial charge in [-0.1, -0.05) is 39.0 Å². The van der Waals surface area contributed by atoms with Gasteiger partial charge in [-0.25, -0.2) is 0 Å². The third kappa shape index (κ3) is 3.21. The summed E-state index contributed by atoms with van der Waals surface area (Å²) in [6, 6.07) is 0.517. The molecule has 1 nitrogen and oxygen atoms in total. The number of hydrogen-bond acceptors (Lipinski definition) is 1. The van der Waals surface area contributed by atoms with Crippen molar-refractivity contribution in [1.82, 2.24) is 0 Å². The van der Waals surface area contributed by atoms with E-state index in [0.29, 0.717) is 6.04 Å². The van der Waals surface area contributed by atoms with Crippen LogP contribution in [-0.4, -0.2) is 6.04 Å². The lowest BCUT2D eigenvalue weighted by molar-refractivity contribution is 0.188. The zero-order chi connectivity index (χ0) is 10.7. The molecule has 0 bridgehead atoms. The molecule has 2 aliphatic rings. The summed E-state index contributed by atoms with van der Waals surface area (Å²) < 4.78 is 0. The molecule has 0 aromatic rings. The molecule has 2 N–H and O–H groups in total. The maximum atomic E-state index is 6.26. The van der Waals surface area contributed by atoms with Crippen LogP contribution in [0.1, 0.15) is 64.7 Å². The fraction of sp³-hybridized carbons (Fsp3) is 1.00. The average Bonchev–Trinajstić information content (AvgIpc) is 2.25. The zero-order valence-electron chi connectivity index (χ0n) is 10.3.